The van der Waals surface area contributed by atoms with Crippen molar-refractivity contribution in [3.8, 4) is 5.75 Å². The fourth-order valence-electron chi connectivity index (χ4n) is 4.62. The first-order chi connectivity index (χ1) is 16.8. The van der Waals surface area contributed by atoms with Crippen LogP contribution in [0, 0.1) is 0 Å². The first kappa shape index (κ1) is 23.8. The van der Waals surface area contributed by atoms with Crippen molar-refractivity contribution >= 4 is 35.0 Å². The number of hydrogen-bond donors (Lipinski definition) is 2. The minimum absolute atomic E-state index is 0.121. The topological polar surface area (TPSA) is 99.2 Å². The maximum atomic E-state index is 13.5. The van der Waals surface area contributed by atoms with E-state index in [0.717, 1.165) is 11.3 Å². The van der Waals surface area contributed by atoms with Crippen LogP contribution in [0.2, 0.25) is 0 Å². The van der Waals surface area contributed by atoms with Gasteiger partial charge in [-0.25, -0.2) is 4.79 Å². The average Bonchev–Trinajstić information content (AvgIpc) is 2.84. The number of amides is 3. The molecule has 1 aliphatic heterocycles. The van der Waals surface area contributed by atoms with Crippen LogP contribution in [0.1, 0.15) is 42.2 Å². The third kappa shape index (κ3) is 4.82. The number of nitrogens with zero attached hydrogens (tertiary/aromatic N) is 2. The van der Waals surface area contributed by atoms with Crippen LogP contribution in [0.4, 0.5) is 21.9 Å². The number of ether oxygens (including phenoxy) is 1. The van der Waals surface area contributed by atoms with E-state index in [1.165, 1.54) is 6.92 Å². The SMILES string of the molecule is COc1ccc(C(=O)N2c3ccccc3[C@H](N(C(C)=O)c3ccc(NC(=O)O)cc3)C[C@@H]2C)cc1. The summed E-state index contributed by atoms with van der Waals surface area (Å²) in [6.07, 6.45) is -0.619. The van der Waals surface area contributed by atoms with Gasteiger partial charge >= 0.3 is 6.09 Å². The number of para-hydroxylation sites is 1. The number of nitrogens with one attached hydrogen (secondary N) is 1. The lowest BCUT2D eigenvalue weighted by molar-refractivity contribution is -0.117. The molecule has 180 valence electrons. The molecular weight excluding hydrogens is 446 g/mol. The zero-order chi connectivity index (χ0) is 25.1. The molecule has 2 N–H and O–H groups in total. The number of carbonyl (C=O) groups excluding carboxylic acids is 2. The summed E-state index contributed by atoms with van der Waals surface area (Å²) in [6.45, 7) is 3.48. The highest BCUT2D eigenvalue weighted by molar-refractivity contribution is 6.07. The van der Waals surface area contributed by atoms with Crippen molar-refractivity contribution in [3.05, 3.63) is 83.9 Å². The average molecular weight is 474 g/mol. The highest BCUT2D eigenvalue weighted by atomic mass is 16.5. The van der Waals surface area contributed by atoms with Gasteiger partial charge in [0.05, 0.1) is 13.2 Å². The number of benzene rings is 3. The summed E-state index contributed by atoms with van der Waals surface area (Å²) in [7, 11) is 1.58. The number of hydrogen-bond acceptors (Lipinski definition) is 4. The van der Waals surface area contributed by atoms with Crippen molar-refractivity contribution in [2.24, 2.45) is 0 Å². The van der Waals surface area contributed by atoms with Crippen LogP contribution in [0.3, 0.4) is 0 Å². The van der Waals surface area contributed by atoms with Gasteiger partial charge in [0, 0.05) is 35.6 Å². The monoisotopic (exact) mass is 473 g/mol. The van der Waals surface area contributed by atoms with E-state index in [0.29, 0.717) is 29.1 Å². The summed E-state index contributed by atoms with van der Waals surface area (Å²) >= 11 is 0. The van der Waals surface area contributed by atoms with Crippen molar-refractivity contribution in [2.45, 2.75) is 32.4 Å². The Morgan fingerprint density at radius 1 is 1.00 bits per heavy atom. The summed E-state index contributed by atoms with van der Waals surface area (Å²) < 4.78 is 5.21. The molecule has 0 unspecified atom stereocenters. The predicted molar refractivity (Wildman–Crippen MR) is 134 cm³/mol. The van der Waals surface area contributed by atoms with E-state index >= 15 is 0 Å². The molecule has 35 heavy (non-hydrogen) atoms. The van der Waals surface area contributed by atoms with Gasteiger partial charge in [0.1, 0.15) is 5.75 Å². The summed E-state index contributed by atoms with van der Waals surface area (Å²) in [4.78, 5) is 40.8. The minimum atomic E-state index is -1.15. The summed E-state index contributed by atoms with van der Waals surface area (Å²) in [5.41, 5.74) is 3.24. The Kier molecular flexibility index (Phi) is 6.73. The molecule has 0 aromatic heterocycles. The molecule has 1 heterocycles. The largest absolute Gasteiger partial charge is 0.497 e. The molecule has 0 aliphatic carbocycles. The Morgan fingerprint density at radius 3 is 2.26 bits per heavy atom. The quantitative estimate of drug-likeness (QED) is 0.523. The van der Waals surface area contributed by atoms with Crippen molar-refractivity contribution in [3.63, 3.8) is 0 Å². The third-order valence-corrected chi connectivity index (χ3v) is 6.16. The Hall–Kier alpha value is -4.33. The molecule has 1 aliphatic rings. The van der Waals surface area contributed by atoms with Gasteiger partial charge in [-0.2, -0.15) is 0 Å². The van der Waals surface area contributed by atoms with Crippen LogP contribution in [0.5, 0.6) is 5.75 Å². The van der Waals surface area contributed by atoms with E-state index in [1.54, 1.807) is 65.4 Å². The van der Waals surface area contributed by atoms with Gasteiger partial charge in [-0.05, 0) is 73.5 Å². The van der Waals surface area contributed by atoms with E-state index < -0.39 is 6.09 Å². The fourth-order valence-corrected chi connectivity index (χ4v) is 4.62. The molecule has 2 atom stereocenters. The third-order valence-electron chi connectivity index (χ3n) is 6.16. The number of fused-ring (bicyclic) bond motifs is 1. The van der Waals surface area contributed by atoms with Gasteiger partial charge in [-0.1, -0.05) is 18.2 Å². The zero-order valence-electron chi connectivity index (χ0n) is 19.8. The maximum Gasteiger partial charge on any atom is 0.409 e. The minimum Gasteiger partial charge on any atom is -0.497 e. The molecule has 0 bridgehead atoms. The standard InChI is InChI=1S/C27H27N3O5/c1-17-16-25(30(18(2)31)21-12-10-20(11-13-21)28-27(33)34)23-6-4-5-7-24(23)29(17)26(32)19-8-14-22(35-3)15-9-19/h4-15,17,25,28H,16H2,1-3H3,(H,33,34)/t17-,25+/m0/s1. The number of rotatable bonds is 5. The lowest BCUT2D eigenvalue weighted by Crippen LogP contribution is -2.47. The van der Waals surface area contributed by atoms with Crippen LogP contribution in [0.25, 0.3) is 0 Å². The van der Waals surface area contributed by atoms with E-state index in [4.69, 9.17) is 9.84 Å². The Bertz CT molecular complexity index is 1240. The van der Waals surface area contributed by atoms with E-state index in [2.05, 4.69) is 5.32 Å². The molecular formula is C27H27N3O5. The summed E-state index contributed by atoms with van der Waals surface area (Å²) in [6, 6.07) is 20.8. The lowest BCUT2D eigenvalue weighted by atomic mass is 9.89. The predicted octanol–water partition coefficient (Wildman–Crippen LogP) is 5.32. The summed E-state index contributed by atoms with van der Waals surface area (Å²) in [5.74, 6) is 0.408. The Balaban J connectivity index is 1.71. The van der Waals surface area contributed by atoms with Gasteiger partial charge in [0.25, 0.3) is 5.91 Å². The molecule has 0 fully saturated rings. The van der Waals surface area contributed by atoms with Crippen molar-refractivity contribution in [1.29, 1.82) is 0 Å². The first-order valence-electron chi connectivity index (χ1n) is 11.3. The van der Waals surface area contributed by atoms with Gasteiger partial charge < -0.3 is 19.6 Å². The maximum absolute atomic E-state index is 13.5. The smallest absolute Gasteiger partial charge is 0.409 e. The number of methoxy groups -OCH3 is 1. The van der Waals surface area contributed by atoms with Crippen molar-refractivity contribution in [1.82, 2.24) is 0 Å². The fraction of sp³-hybridized carbons (Fsp3) is 0.222. The molecule has 0 spiro atoms. The normalized spacial score (nSPS) is 16.7. The number of carboxylic acid groups (broad SMARTS) is 1. The highest BCUT2D eigenvalue weighted by Gasteiger charge is 2.38. The van der Waals surface area contributed by atoms with Crippen molar-refractivity contribution < 1.29 is 24.2 Å². The lowest BCUT2D eigenvalue weighted by Gasteiger charge is -2.43. The first-order valence-corrected chi connectivity index (χ1v) is 11.3. The van der Waals surface area contributed by atoms with Gasteiger partial charge in [0.2, 0.25) is 5.91 Å². The molecule has 4 rings (SSSR count). The second-order valence-corrected chi connectivity index (χ2v) is 8.43. The van der Waals surface area contributed by atoms with Gasteiger partial charge in [-0.3, -0.25) is 14.9 Å². The second-order valence-electron chi connectivity index (χ2n) is 8.43. The molecule has 0 saturated heterocycles. The van der Waals surface area contributed by atoms with Crippen LogP contribution >= 0.6 is 0 Å². The van der Waals surface area contributed by atoms with E-state index in [1.807, 2.05) is 31.2 Å². The number of anilines is 3. The van der Waals surface area contributed by atoms with Crippen molar-refractivity contribution in [2.75, 3.05) is 22.2 Å². The molecule has 3 aromatic carbocycles. The molecule has 8 heteroatoms. The van der Waals surface area contributed by atoms with Crippen LogP contribution in [0.15, 0.2) is 72.8 Å². The molecule has 8 nitrogen and oxygen atoms in total. The highest BCUT2D eigenvalue weighted by Crippen LogP contribution is 2.43. The van der Waals surface area contributed by atoms with Crippen LogP contribution < -0.4 is 19.9 Å². The molecule has 0 saturated carbocycles. The Labute approximate surface area is 203 Å². The zero-order valence-corrected chi connectivity index (χ0v) is 19.8. The number of carbonyl (C=O) groups is 3. The van der Waals surface area contributed by atoms with E-state index in [9.17, 15) is 14.4 Å². The van der Waals surface area contributed by atoms with Crippen LogP contribution in [-0.2, 0) is 4.79 Å². The van der Waals surface area contributed by atoms with Gasteiger partial charge in [-0.15, -0.1) is 0 Å². The Morgan fingerprint density at radius 2 is 1.66 bits per heavy atom. The molecule has 3 amide bonds. The van der Waals surface area contributed by atoms with Crippen LogP contribution in [-0.4, -0.2) is 36.2 Å². The summed E-state index contributed by atoms with van der Waals surface area (Å²) in [5, 5.41) is 11.2. The van der Waals surface area contributed by atoms with Gasteiger partial charge in [0.15, 0.2) is 0 Å². The van der Waals surface area contributed by atoms with E-state index in [-0.39, 0.29) is 23.9 Å². The molecule has 0 radical (unpaired) electrons. The molecule has 3 aromatic rings. The second kappa shape index (κ2) is 9.89.